The lowest BCUT2D eigenvalue weighted by molar-refractivity contribution is 0.283. The highest BCUT2D eigenvalue weighted by atomic mass is 16.5. The number of nitrogens with one attached hydrogen (secondary N) is 1. The minimum Gasteiger partial charge on any atom is -0.493 e. The summed E-state index contributed by atoms with van der Waals surface area (Å²) in [5.41, 5.74) is 1.27. The molecule has 18 heavy (non-hydrogen) atoms. The molecule has 1 aromatic carbocycles. The van der Waals surface area contributed by atoms with Crippen molar-refractivity contribution in [3.8, 4) is 11.5 Å². The highest BCUT2D eigenvalue weighted by molar-refractivity contribution is 5.42. The first-order chi connectivity index (χ1) is 8.83. The molecule has 0 saturated carbocycles. The van der Waals surface area contributed by atoms with Crippen molar-refractivity contribution in [2.75, 3.05) is 40.4 Å². The van der Waals surface area contributed by atoms with Crippen LogP contribution in [0, 0.1) is 0 Å². The summed E-state index contributed by atoms with van der Waals surface area (Å²) >= 11 is 0. The van der Waals surface area contributed by atoms with Gasteiger partial charge >= 0.3 is 0 Å². The molecule has 1 aromatic rings. The van der Waals surface area contributed by atoms with Gasteiger partial charge in [-0.3, -0.25) is 4.90 Å². The van der Waals surface area contributed by atoms with Gasteiger partial charge in [0.15, 0.2) is 11.5 Å². The average molecular weight is 250 g/mol. The fourth-order valence-electron chi connectivity index (χ4n) is 2.30. The zero-order valence-electron chi connectivity index (χ0n) is 11.2. The van der Waals surface area contributed by atoms with E-state index in [-0.39, 0.29) is 0 Å². The fraction of sp³-hybridized carbons (Fsp3) is 0.571. The quantitative estimate of drug-likeness (QED) is 0.878. The van der Waals surface area contributed by atoms with Gasteiger partial charge in [0.2, 0.25) is 0 Å². The Labute approximate surface area is 109 Å². The first-order valence-corrected chi connectivity index (χ1v) is 6.47. The van der Waals surface area contributed by atoms with Crippen LogP contribution in [-0.2, 0) is 6.54 Å². The highest BCUT2D eigenvalue weighted by Gasteiger charge is 2.11. The summed E-state index contributed by atoms with van der Waals surface area (Å²) in [5, 5.41) is 3.42. The van der Waals surface area contributed by atoms with Crippen LogP contribution in [0.2, 0.25) is 0 Å². The van der Waals surface area contributed by atoms with Crippen molar-refractivity contribution in [2.45, 2.75) is 13.0 Å². The second kappa shape index (κ2) is 6.61. The van der Waals surface area contributed by atoms with Crippen LogP contribution in [0.5, 0.6) is 11.5 Å². The van der Waals surface area contributed by atoms with E-state index in [9.17, 15) is 0 Å². The molecule has 2 rings (SSSR count). The summed E-state index contributed by atoms with van der Waals surface area (Å²) in [5.74, 6) is 1.60. The number of hydrogen-bond acceptors (Lipinski definition) is 4. The lowest BCUT2D eigenvalue weighted by Gasteiger charge is -2.20. The largest absolute Gasteiger partial charge is 0.493 e. The van der Waals surface area contributed by atoms with E-state index in [1.807, 2.05) is 6.07 Å². The summed E-state index contributed by atoms with van der Waals surface area (Å²) in [7, 11) is 3.34. The lowest BCUT2D eigenvalue weighted by atomic mass is 10.2. The van der Waals surface area contributed by atoms with Crippen LogP contribution in [0.3, 0.4) is 0 Å². The monoisotopic (exact) mass is 250 g/mol. The van der Waals surface area contributed by atoms with E-state index >= 15 is 0 Å². The molecule has 1 heterocycles. The zero-order valence-corrected chi connectivity index (χ0v) is 11.2. The summed E-state index contributed by atoms with van der Waals surface area (Å²) < 4.78 is 10.6. The SMILES string of the molecule is COc1ccc(CN2CCCNCC2)cc1OC. The molecule has 0 spiro atoms. The summed E-state index contributed by atoms with van der Waals surface area (Å²) in [4.78, 5) is 2.47. The molecule has 1 aliphatic heterocycles. The van der Waals surface area contributed by atoms with Crippen molar-refractivity contribution in [2.24, 2.45) is 0 Å². The number of benzene rings is 1. The average Bonchev–Trinajstić information content (AvgIpc) is 2.67. The second-order valence-corrected chi connectivity index (χ2v) is 4.57. The van der Waals surface area contributed by atoms with Gasteiger partial charge < -0.3 is 14.8 Å². The second-order valence-electron chi connectivity index (χ2n) is 4.57. The van der Waals surface area contributed by atoms with Gasteiger partial charge in [-0.1, -0.05) is 6.07 Å². The van der Waals surface area contributed by atoms with Gasteiger partial charge in [0.05, 0.1) is 14.2 Å². The Hall–Kier alpha value is -1.26. The van der Waals surface area contributed by atoms with Crippen LogP contribution in [0.25, 0.3) is 0 Å². The van der Waals surface area contributed by atoms with E-state index in [2.05, 4.69) is 22.3 Å². The summed E-state index contributed by atoms with van der Waals surface area (Å²) in [6.07, 6.45) is 1.22. The predicted octanol–water partition coefficient (Wildman–Crippen LogP) is 1.50. The Morgan fingerprint density at radius 3 is 2.72 bits per heavy atom. The number of rotatable bonds is 4. The van der Waals surface area contributed by atoms with Crippen molar-refractivity contribution in [3.05, 3.63) is 23.8 Å². The van der Waals surface area contributed by atoms with Crippen molar-refractivity contribution in [3.63, 3.8) is 0 Å². The third-order valence-electron chi connectivity index (χ3n) is 3.29. The minimum atomic E-state index is 0.791. The van der Waals surface area contributed by atoms with Gasteiger partial charge in [-0.2, -0.15) is 0 Å². The topological polar surface area (TPSA) is 33.7 Å². The van der Waals surface area contributed by atoms with E-state index in [0.717, 1.165) is 44.2 Å². The van der Waals surface area contributed by atoms with Gasteiger partial charge in [-0.25, -0.2) is 0 Å². The Kier molecular flexibility index (Phi) is 4.84. The fourth-order valence-corrected chi connectivity index (χ4v) is 2.30. The van der Waals surface area contributed by atoms with Crippen LogP contribution in [-0.4, -0.2) is 45.3 Å². The highest BCUT2D eigenvalue weighted by Crippen LogP contribution is 2.28. The van der Waals surface area contributed by atoms with Crippen LogP contribution >= 0.6 is 0 Å². The van der Waals surface area contributed by atoms with Gasteiger partial charge in [0.25, 0.3) is 0 Å². The molecular weight excluding hydrogens is 228 g/mol. The molecule has 0 bridgehead atoms. The van der Waals surface area contributed by atoms with Crippen molar-refractivity contribution in [1.29, 1.82) is 0 Å². The molecule has 100 valence electrons. The molecule has 0 aromatic heterocycles. The molecule has 4 heteroatoms. The third kappa shape index (κ3) is 3.37. The predicted molar refractivity (Wildman–Crippen MR) is 72.3 cm³/mol. The molecule has 1 N–H and O–H groups in total. The molecular formula is C14H22N2O2. The van der Waals surface area contributed by atoms with Crippen molar-refractivity contribution in [1.82, 2.24) is 10.2 Å². The Bertz CT molecular complexity index is 374. The molecule has 0 aliphatic carbocycles. The number of ether oxygens (including phenoxy) is 2. The maximum atomic E-state index is 5.33. The smallest absolute Gasteiger partial charge is 0.161 e. The lowest BCUT2D eigenvalue weighted by Crippen LogP contribution is -2.27. The number of methoxy groups -OCH3 is 2. The van der Waals surface area contributed by atoms with Crippen LogP contribution in [0.4, 0.5) is 0 Å². The van der Waals surface area contributed by atoms with E-state index in [4.69, 9.17) is 9.47 Å². The van der Waals surface area contributed by atoms with E-state index in [0.29, 0.717) is 0 Å². The molecule has 1 fully saturated rings. The molecule has 1 saturated heterocycles. The zero-order chi connectivity index (χ0) is 12.8. The summed E-state index contributed by atoms with van der Waals surface area (Å²) in [6, 6.07) is 6.15. The first kappa shape index (κ1) is 13.2. The normalized spacial score (nSPS) is 17.2. The third-order valence-corrected chi connectivity index (χ3v) is 3.29. The number of hydrogen-bond donors (Lipinski definition) is 1. The van der Waals surface area contributed by atoms with Crippen LogP contribution < -0.4 is 14.8 Å². The van der Waals surface area contributed by atoms with Gasteiger partial charge in [0, 0.05) is 19.6 Å². The van der Waals surface area contributed by atoms with E-state index < -0.39 is 0 Å². The Morgan fingerprint density at radius 2 is 1.94 bits per heavy atom. The van der Waals surface area contributed by atoms with E-state index in [1.54, 1.807) is 14.2 Å². The van der Waals surface area contributed by atoms with Gasteiger partial charge in [-0.15, -0.1) is 0 Å². The van der Waals surface area contributed by atoms with Crippen LogP contribution in [0.15, 0.2) is 18.2 Å². The number of nitrogens with zero attached hydrogens (tertiary/aromatic N) is 1. The van der Waals surface area contributed by atoms with Crippen molar-refractivity contribution < 1.29 is 9.47 Å². The molecule has 0 atom stereocenters. The first-order valence-electron chi connectivity index (χ1n) is 6.47. The Morgan fingerprint density at radius 1 is 1.11 bits per heavy atom. The minimum absolute atomic E-state index is 0.791. The van der Waals surface area contributed by atoms with Gasteiger partial charge in [0.1, 0.15) is 0 Å². The standard InChI is InChI=1S/C14H22N2O2/c1-17-13-5-4-12(10-14(13)18-2)11-16-8-3-6-15-7-9-16/h4-5,10,15H,3,6-9,11H2,1-2H3. The molecule has 0 radical (unpaired) electrons. The molecule has 4 nitrogen and oxygen atoms in total. The molecule has 0 unspecified atom stereocenters. The van der Waals surface area contributed by atoms with E-state index in [1.165, 1.54) is 12.0 Å². The van der Waals surface area contributed by atoms with Gasteiger partial charge in [-0.05, 0) is 37.2 Å². The summed E-state index contributed by atoms with van der Waals surface area (Å²) in [6.45, 7) is 5.44. The van der Waals surface area contributed by atoms with Crippen molar-refractivity contribution >= 4 is 0 Å². The van der Waals surface area contributed by atoms with Crippen LogP contribution in [0.1, 0.15) is 12.0 Å². The molecule has 0 amide bonds. The molecule has 1 aliphatic rings. The Balaban J connectivity index is 2.03. The maximum Gasteiger partial charge on any atom is 0.161 e. The maximum absolute atomic E-state index is 5.33.